The first-order valence-electron chi connectivity index (χ1n) is 5.13. The third kappa shape index (κ3) is 4.82. The van der Waals surface area contributed by atoms with Gasteiger partial charge in [-0.05, 0) is 44.7 Å². The molecule has 0 aromatic carbocycles. The molecule has 0 saturated carbocycles. The van der Waals surface area contributed by atoms with Crippen LogP contribution in [0.25, 0.3) is 0 Å². The molecule has 0 amide bonds. The van der Waals surface area contributed by atoms with Crippen molar-refractivity contribution in [2.75, 3.05) is 13.1 Å². The molecule has 1 fully saturated rings. The average molecular weight is 222 g/mol. The average Bonchev–Trinajstić information content (AvgIpc) is 2.15. The van der Waals surface area contributed by atoms with Crippen molar-refractivity contribution >= 4 is 18.4 Å². The van der Waals surface area contributed by atoms with E-state index in [2.05, 4.69) is 5.32 Å². The van der Waals surface area contributed by atoms with Gasteiger partial charge >= 0.3 is 5.97 Å². The third-order valence-corrected chi connectivity index (χ3v) is 2.89. The summed E-state index contributed by atoms with van der Waals surface area (Å²) in [4.78, 5) is 10.6. The Hall–Kier alpha value is -0.280. The maximum absolute atomic E-state index is 10.6. The summed E-state index contributed by atoms with van der Waals surface area (Å²) in [6, 6.07) is 0. The van der Waals surface area contributed by atoms with Gasteiger partial charge in [0.25, 0.3) is 0 Å². The molecule has 0 aliphatic carbocycles. The number of hydrogen-bond donors (Lipinski definition) is 2. The predicted molar refractivity (Wildman–Crippen MR) is 58.9 cm³/mol. The number of halogens is 1. The first-order chi connectivity index (χ1) is 6.20. The van der Waals surface area contributed by atoms with Crippen molar-refractivity contribution in [3.05, 3.63) is 0 Å². The van der Waals surface area contributed by atoms with Crippen molar-refractivity contribution in [1.82, 2.24) is 5.32 Å². The van der Waals surface area contributed by atoms with Gasteiger partial charge in [0, 0.05) is 0 Å². The van der Waals surface area contributed by atoms with Crippen LogP contribution in [0.1, 0.15) is 32.6 Å². The highest BCUT2D eigenvalue weighted by Gasteiger charge is 2.16. The van der Waals surface area contributed by atoms with E-state index in [0.29, 0.717) is 0 Å². The fraction of sp³-hybridized carbons (Fsp3) is 0.900. The summed E-state index contributed by atoms with van der Waals surface area (Å²) in [5.41, 5.74) is 0. The van der Waals surface area contributed by atoms with Crippen molar-refractivity contribution in [1.29, 1.82) is 0 Å². The van der Waals surface area contributed by atoms with Crippen molar-refractivity contribution in [3.8, 4) is 0 Å². The van der Waals surface area contributed by atoms with Gasteiger partial charge in [-0.1, -0.05) is 6.92 Å². The molecule has 4 heteroatoms. The Kier molecular flexibility index (Phi) is 6.93. The highest BCUT2D eigenvalue weighted by molar-refractivity contribution is 5.85. The molecule has 14 heavy (non-hydrogen) atoms. The summed E-state index contributed by atoms with van der Waals surface area (Å²) in [6.07, 6.45) is 4.34. The number of carboxylic acid groups (broad SMARTS) is 1. The molecule has 1 rings (SSSR count). The lowest BCUT2D eigenvalue weighted by Gasteiger charge is -2.22. The molecule has 1 unspecified atom stereocenters. The van der Waals surface area contributed by atoms with Crippen LogP contribution >= 0.6 is 12.4 Å². The number of piperidine rings is 1. The zero-order valence-corrected chi connectivity index (χ0v) is 9.48. The molecule has 1 aliphatic rings. The Morgan fingerprint density at radius 2 is 2.07 bits per heavy atom. The first kappa shape index (κ1) is 13.7. The lowest BCUT2D eigenvalue weighted by Crippen LogP contribution is -2.28. The lowest BCUT2D eigenvalue weighted by atomic mass is 9.90. The van der Waals surface area contributed by atoms with Crippen molar-refractivity contribution in [2.45, 2.75) is 32.6 Å². The van der Waals surface area contributed by atoms with Crippen LogP contribution in [-0.4, -0.2) is 24.2 Å². The van der Waals surface area contributed by atoms with Crippen molar-refractivity contribution in [2.24, 2.45) is 11.8 Å². The molecule has 3 nitrogen and oxygen atoms in total. The fourth-order valence-corrected chi connectivity index (χ4v) is 1.78. The quantitative estimate of drug-likeness (QED) is 0.763. The van der Waals surface area contributed by atoms with Gasteiger partial charge in [0.05, 0.1) is 5.92 Å². The number of hydrogen-bond acceptors (Lipinski definition) is 2. The van der Waals surface area contributed by atoms with Gasteiger partial charge in [0.1, 0.15) is 0 Å². The van der Waals surface area contributed by atoms with E-state index < -0.39 is 5.97 Å². The van der Waals surface area contributed by atoms with E-state index in [1.54, 1.807) is 6.92 Å². The second-order valence-electron chi connectivity index (χ2n) is 4.01. The van der Waals surface area contributed by atoms with Crippen LogP contribution in [0.4, 0.5) is 0 Å². The van der Waals surface area contributed by atoms with Gasteiger partial charge in [-0.25, -0.2) is 0 Å². The Bertz CT molecular complexity index is 170. The molecule has 84 valence electrons. The number of carbonyl (C=O) groups is 1. The number of rotatable bonds is 4. The molecule has 1 atom stereocenters. The van der Waals surface area contributed by atoms with Crippen molar-refractivity contribution in [3.63, 3.8) is 0 Å². The number of nitrogens with one attached hydrogen (secondary N) is 1. The normalized spacial score (nSPS) is 19.8. The van der Waals surface area contributed by atoms with Gasteiger partial charge in [-0.2, -0.15) is 0 Å². The Morgan fingerprint density at radius 3 is 2.57 bits per heavy atom. The molecule has 1 saturated heterocycles. The molecule has 0 bridgehead atoms. The summed E-state index contributed by atoms with van der Waals surface area (Å²) in [5.74, 6) is -0.0770. The van der Waals surface area contributed by atoms with E-state index in [4.69, 9.17) is 5.11 Å². The van der Waals surface area contributed by atoms with E-state index in [0.717, 1.165) is 31.8 Å². The minimum atomic E-state index is -0.658. The molecule has 1 heterocycles. The summed E-state index contributed by atoms with van der Waals surface area (Å²) in [5, 5.41) is 12.0. The molecule has 2 N–H and O–H groups in total. The molecule has 0 spiro atoms. The molecule has 0 radical (unpaired) electrons. The maximum atomic E-state index is 10.6. The number of aliphatic carboxylic acids is 1. The zero-order chi connectivity index (χ0) is 9.68. The van der Waals surface area contributed by atoms with Crippen LogP contribution in [0.5, 0.6) is 0 Å². The van der Waals surface area contributed by atoms with Crippen LogP contribution in [-0.2, 0) is 4.79 Å². The van der Waals surface area contributed by atoms with Gasteiger partial charge in [0.2, 0.25) is 0 Å². The molecular weight excluding hydrogens is 202 g/mol. The zero-order valence-electron chi connectivity index (χ0n) is 8.66. The Balaban J connectivity index is 0.00000169. The molecule has 0 aromatic heterocycles. The highest BCUT2D eigenvalue weighted by Crippen LogP contribution is 2.20. The Labute approximate surface area is 91.7 Å². The van der Waals surface area contributed by atoms with Gasteiger partial charge in [-0.3, -0.25) is 4.79 Å². The SMILES string of the molecule is CC(CCC1CCNCC1)C(=O)O.Cl. The van der Waals surface area contributed by atoms with Crippen LogP contribution in [0.15, 0.2) is 0 Å². The minimum absolute atomic E-state index is 0. The van der Waals surface area contributed by atoms with Gasteiger partial charge in [0.15, 0.2) is 0 Å². The second kappa shape index (κ2) is 7.07. The summed E-state index contributed by atoms with van der Waals surface area (Å²) >= 11 is 0. The minimum Gasteiger partial charge on any atom is -0.481 e. The van der Waals surface area contributed by atoms with Gasteiger partial charge < -0.3 is 10.4 Å². The summed E-state index contributed by atoms with van der Waals surface area (Å²) in [7, 11) is 0. The third-order valence-electron chi connectivity index (χ3n) is 2.89. The van der Waals surface area contributed by atoms with E-state index >= 15 is 0 Å². The molecule has 1 aliphatic heterocycles. The fourth-order valence-electron chi connectivity index (χ4n) is 1.78. The largest absolute Gasteiger partial charge is 0.481 e. The molecule has 0 aromatic rings. The Morgan fingerprint density at radius 1 is 1.50 bits per heavy atom. The second-order valence-corrected chi connectivity index (χ2v) is 4.01. The van der Waals surface area contributed by atoms with Crippen LogP contribution in [0.2, 0.25) is 0 Å². The lowest BCUT2D eigenvalue weighted by molar-refractivity contribution is -0.141. The topological polar surface area (TPSA) is 49.3 Å². The highest BCUT2D eigenvalue weighted by atomic mass is 35.5. The number of carboxylic acids is 1. The first-order valence-corrected chi connectivity index (χ1v) is 5.13. The van der Waals surface area contributed by atoms with Crippen LogP contribution in [0.3, 0.4) is 0 Å². The van der Waals surface area contributed by atoms with Gasteiger partial charge in [-0.15, -0.1) is 12.4 Å². The van der Waals surface area contributed by atoms with Crippen LogP contribution < -0.4 is 5.32 Å². The standard InChI is InChI=1S/C10H19NO2.ClH/c1-8(10(12)13)2-3-9-4-6-11-7-5-9;/h8-9,11H,2-7H2,1H3,(H,12,13);1H. The monoisotopic (exact) mass is 221 g/mol. The molecular formula is C10H20ClNO2. The van der Waals surface area contributed by atoms with E-state index in [9.17, 15) is 4.79 Å². The van der Waals surface area contributed by atoms with Crippen molar-refractivity contribution < 1.29 is 9.90 Å². The predicted octanol–water partition coefficient (Wildman–Crippen LogP) is 1.91. The summed E-state index contributed by atoms with van der Waals surface area (Å²) in [6.45, 7) is 4.00. The van der Waals surface area contributed by atoms with E-state index in [1.165, 1.54) is 12.8 Å². The van der Waals surface area contributed by atoms with Crippen LogP contribution in [0, 0.1) is 11.8 Å². The van der Waals surface area contributed by atoms with E-state index in [-0.39, 0.29) is 18.3 Å². The summed E-state index contributed by atoms with van der Waals surface area (Å²) < 4.78 is 0. The van der Waals surface area contributed by atoms with E-state index in [1.807, 2.05) is 0 Å². The smallest absolute Gasteiger partial charge is 0.306 e. The maximum Gasteiger partial charge on any atom is 0.306 e.